The molecule has 2 bridgehead atoms. The van der Waals surface area contributed by atoms with Gasteiger partial charge in [-0.15, -0.1) is 0 Å². The predicted octanol–water partition coefficient (Wildman–Crippen LogP) is 3.52. The van der Waals surface area contributed by atoms with Crippen molar-refractivity contribution in [2.24, 2.45) is 22.2 Å². The minimum Gasteiger partial charge on any atom is -0.395 e. The van der Waals surface area contributed by atoms with E-state index in [-0.39, 0.29) is 29.0 Å². The van der Waals surface area contributed by atoms with Gasteiger partial charge in [-0.3, -0.25) is 4.79 Å². The summed E-state index contributed by atoms with van der Waals surface area (Å²) < 4.78 is 44.4. The van der Waals surface area contributed by atoms with Gasteiger partial charge in [-0.1, -0.05) is 37.6 Å². The molecule has 7 nitrogen and oxygen atoms in total. The van der Waals surface area contributed by atoms with Crippen LogP contribution in [0, 0.1) is 29.1 Å². The highest BCUT2D eigenvalue weighted by Gasteiger charge is 2.82. The molecule has 0 amide bonds. The van der Waals surface area contributed by atoms with E-state index in [0.29, 0.717) is 12.0 Å². The third-order valence-electron chi connectivity index (χ3n) is 8.63. The normalized spacial score (nSPS) is 35.0. The van der Waals surface area contributed by atoms with Gasteiger partial charge in [-0.25, -0.2) is 0 Å². The first kappa shape index (κ1) is 24.1. The molecule has 8 heteroatoms. The quantitative estimate of drug-likeness (QED) is 0.381. The number of benzene rings is 1. The molecule has 5 rings (SSSR count). The van der Waals surface area contributed by atoms with E-state index in [1.54, 1.807) is 26.0 Å². The van der Waals surface area contributed by atoms with Crippen LogP contribution in [0.4, 0.5) is 0 Å². The lowest BCUT2D eigenvalue weighted by molar-refractivity contribution is -0.296. The van der Waals surface area contributed by atoms with Crippen LogP contribution in [-0.4, -0.2) is 45.9 Å². The lowest BCUT2D eigenvalue weighted by Crippen LogP contribution is -2.76. The summed E-state index contributed by atoms with van der Waals surface area (Å²) in [5, 5.41) is 10.7. The topological polar surface area (TPSA) is 99.1 Å². The maximum Gasteiger partial charge on any atom is 0.338 e. The molecule has 0 heterocycles. The highest BCUT2D eigenvalue weighted by Crippen LogP contribution is 2.76. The Labute approximate surface area is 195 Å². The molecule has 1 aromatic rings. The smallest absolute Gasteiger partial charge is 0.338 e. The number of aryl methyl sites for hydroxylation is 1. The number of hydrogen-bond acceptors (Lipinski definition) is 7. The number of Topliss-reactive ketones (excluding diaryl/α,β-unsaturated/α-hetero) is 1. The molecule has 4 atom stereocenters. The first-order valence-corrected chi connectivity index (χ1v) is 12.5. The van der Waals surface area contributed by atoms with Crippen LogP contribution in [-0.2, 0) is 28.6 Å². The van der Waals surface area contributed by atoms with E-state index in [1.807, 2.05) is 26.8 Å². The van der Waals surface area contributed by atoms with Gasteiger partial charge in [0.15, 0.2) is 0 Å². The number of aliphatic hydroxyl groups excluding tert-OH is 1. The zero-order valence-electron chi connectivity index (χ0n) is 20.2. The van der Waals surface area contributed by atoms with E-state index in [9.17, 15) is 18.3 Å². The average molecular weight is 477 g/mol. The highest BCUT2D eigenvalue weighted by atomic mass is 32.2. The van der Waals surface area contributed by atoms with Crippen LogP contribution >= 0.6 is 0 Å². The van der Waals surface area contributed by atoms with Crippen molar-refractivity contribution in [3.63, 3.8) is 0 Å². The number of hydrogen-bond donors (Lipinski definition) is 1. The number of allylic oxidation sites excluding steroid dienone is 2. The number of aliphatic hydroxyl groups is 1. The minimum absolute atomic E-state index is 0.00337. The summed E-state index contributed by atoms with van der Waals surface area (Å²) >= 11 is 0. The van der Waals surface area contributed by atoms with E-state index in [0.717, 1.165) is 11.1 Å². The second-order valence-corrected chi connectivity index (χ2v) is 11.4. The molecule has 33 heavy (non-hydrogen) atoms. The molecule has 1 saturated carbocycles. The van der Waals surface area contributed by atoms with Crippen LogP contribution in [0.3, 0.4) is 0 Å². The third kappa shape index (κ3) is 2.50. The van der Waals surface area contributed by atoms with Gasteiger partial charge < -0.3 is 18.8 Å². The van der Waals surface area contributed by atoms with Crippen molar-refractivity contribution in [2.75, 3.05) is 20.8 Å². The van der Waals surface area contributed by atoms with Crippen molar-refractivity contribution in [1.29, 1.82) is 0 Å². The van der Waals surface area contributed by atoms with Crippen LogP contribution in [0.2, 0.25) is 0 Å². The zero-order chi connectivity index (χ0) is 24.6. The zero-order valence-corrected chi connectivity index (χ0v) is 21.0. The van der Waals surface area contributed by atoms with E-state index in [2.05, 4.69) is 0 Å². The Balaban J connectivity index is 2.06. The summed E-state index contributed by atoms with van der Waals surface area (Å²) in [5.41, 5.74) is -1.51. The Bertz CT molecular complexity index is 1180. The number of carbonyl (C=O) groups excluding carboxylic acids is 1. The molecular formula is C25H32O7S. The molecule has 1 fully saturated rings. The maximum atomic E-state index is 14.2. The fourth-order valence-corrected chi connectivity index (χ4v) is 7.73. The van der Waals surface area contributed by atoms with Crippen LogP contribution in [0.25, 0.3) is 0 Å². The standard InChI is InChI=1S/C25H32O7S/c1-15-8-11-18(12-9-15)33(28,29)32-20-17(3)24-16(2)10-13-19(24)22(4,14-26)23(20,5)25(30-6,31-7)21(24)27/h8-9,11-13,16,26H,10,14H2,1-7H3/t16-,22?,23?,24?/m0/s1. The Morgan fingerprint density at radius 2 is 1.67 bits per heavy atom. The highest BCUT2D eigenvalue weighted by molar-refractivity contribution is 7.86. The average Bonchev–Trinajstić information content (AvgIpc) is 3.14. The van der Waals surface area contributed by atoms with Gasteiger partial charge in [0.25, 0.3) is 0 Å². The maximum absolute atomic E-state index is 14.2. The van der Waals surface area contributed by atoms with Crippen LogP contribution in [0.5, 0.6) is 0 Å². The van der Waals surface area contributed by atoms with Crippen molar-refractivity contribution < 1.29 is 32.0 Å². The van der Waals surface area contributed by atoms with Gasteiger partial charge in [-0.2, -0.15) is 8.42 Å². The van der Waals surface area contributed by atoms with Gasteiger partial charge in [0.2, 0.25) is 11.6 Å². The molecule has 0 aromatic heterocycles. The van der Waals surface area contributed by atoms with Crippen molar-refractivity contribution in [3.05, 3.63) is 52.8 Å². The van der Waals surface area contributed by atoms with Crippen LogP contribution in [0.1, 0.15) is 39.7 Å². The summed E-state index contributed by atoms with van der Waals surface area (Å²) in [6, 6.07) is 6.37. The van der Waals surface area contributed by atoms with Crippen molar-refractivity contribution in [3.8, 4) is 0 Å². The monoisotopic (exact) mass is 476 g/mol. The van der Waals surface area contributed by atoms with Gasteiger partial charge in [0, 0.05) is 19.6 Å². The predicted molar refractivity (Wildman–Crippen MR) is 122 cm³/mol. The molecule has 3 unspecified atom stereocenters. The van der Waals surface area contributed by atoms with E-state index in [1.165, 1.54) is 26.4 Å². The summed E-state index contributed by atoms with van der Waals surface area (Å²) in [6.07, 6.45) is 2.60. The molecule has 180 valence electrons. The van der Waals surface area contributed by atoms with Crippen molar-refractivity contribution in [2.45, 2.75) is 51.7 Å². The summed E-state index contributed by atoms with van der Waals surface area (Å²) in [6.45, 7) is 8.71. The Hall–Kier alpha value is -2.00. The van der Waals surface area contributed by atoms with Gasteiger partial charge >= 0.3 is 10.1 Å². The first-order valence-electron chi connectivity index (χ1n) is 11.0. The Morgan fingerprint density at radius 3 is 2.18 bits per heavy atom. The minimum atomic E-state index is -4.24. The summed E-state index contributed by atoms with van der Waals surface area (Å²) in [4.78, 5) is 14.2. The Kier molecular flexibility index (Phi) is 5.30. The number of ether oxygens (including phenoxy) is 2. The second kappa shape index (κ2) is 7.25. The van der Waals surface area contributed by atoms with Gasteiger partial charge in [0.05, 0.1) is 17.4 Å². The van der Waals surface area contributed by atoms with Gasteiger partial charge in [-0.05, 0) is 56.4 Å². The fraction of sp³-hybridized carbons (Fsp3) is 0.560. The molecule has 0 saturated heterocycles. The lowest BCUT2D eigenvalue weighted by Gasteiger charge is -2.67. The number of fused-ring (bicyclic) bond motifs is 1. The molecule has 1 N–H and O–H groups in total. The lowest BCUT2D eigenvalue weighted by atomic mass is 9.38. The molecule has 4 aliphatic rings. The van der Waals surface area contributed by atoms with Gasteiger partial charge in [0.1, 0.15) is 10.7 Å². The largest absolute Gasteiger partial charge is 0.395 e. The van der Waals surface area contributed by atoms with Crippen molar-refractivity contribution in [1.82, 2.24) is 0 Å². The SMILES string of the molecule is COC1(OC)C(=O)C23C(=CC[C@@H]2C)C(C)(CO)C1(C)C(OS(=O)(=O)c1ccc(C)cc1)=C3C. The first-order chi connectivity index (χ1) is 15.3. The third-order valence-corrected chi connectivity index (χ3v) is 9.87. The molecular weight excluding hydrogens is 444 g/mol. The van der Waals surface area contributed by atoms with Crippen molar-refractivity contribution >= 4 is 15.9 Å². The van der Waals surface area contributed by atoms with E-state index >= 15 is 0 Å². The second-order valence-electron chi connectivity index (χ2n) is 9.84. The molecule has 0 radical (unpaired) electrons. The summed E-state index contributed by atoms with van der Waals surface area (Å²) in [7, 11) is -1.51. The molecule has 4 aliphatic carbocycles. The number of ketones is 1. The summed E-state index contributed by atoms with van der Waals surface area (Å²) in [5.74, 6) is -2.24. The number of rotatable bonds is 6. The molecule has 1 spiro atoms. The Morgan fingerprint density at radius 1 is 1.09 bits per heavy atom. The van der Waals surface area contributed by atoms with E-state index < -0.39 is 32.2 Å². The number of carbonyl (C=O) groups is 1. The van der Waals surface area contributed by atoms with Crippen LogP contribution in [0.15, 0.2) is 52.1 Å². The number of methoxy groups -OCH3 is 2. The van der Waals surface area contributed by atoms with E-state index in [4.69, 9.17) is 13.7 Å². The van der Waals surface area contributed by atoms with Crippen LogP contribution < -0.4 is 0 Å². The fourth-order valence-electron chi connectivity index (χ4n) is 6.65. The molecule has 0 aliphatic heterocycles. The molecule has 1 aromatic carbocycles.